The first kappa shape index (κ1) is 14.9. The average Bonchev–Trinajstić information content (AvgIpc) is 2.24. The Balaban J connectivity index is 2.63. The molecule has 0 saturated heterocycles. The summed E-state index contributed by atoms with van der Waals surface area (Å²) >= 11 is 9.02. The molecule has 0 aromatic heterocycles. The maximum absolute atomic E-state index is 13.2. The van der Waals surface area contributed by atoms with Crippen molar-refractivity contribution in [2.75, 3.05) is 32.7 Å². The number of halogens is 3. The normalized spacial score (nSPS) is 11.1. The molecular weight excluding hydrogens is 308 g/mol. The first-order chi connectivity index (χ1) is 8.15. The summed E-state index contributed by atoms with van der Waals surface area (Å²) in [6.45, 7) is 2.87. The van der Waals surface area contributed by atoms with Crippen LogP contribution >= 0.6 is 27.5 Å². The van der Waals surface area contributed by atoms with E-state index in [1.54, 1.807) is 13.2 Å². The van der Waals surface area contributed by atoms with Crippen LogP contribution in [0.15, 0.2) is 22.7 Å². The average molecular weight is 325 g/mol. The van der Waals surface area contributed by atoms with E-state index in [0.29, 0.717) is 19.0 Å². The van der Waals surface area contributed by atoms with Gasteiger partial charge in [0, 0.05) is 37.1 Å². The van der Waals surface area contributed by atoms with Crippen LogP contribution in [0.25, 0.3) is 0 Å². The van der Waals surface area contributed by atoms with E-state index in [1.165, 1.54) is 6.07 Å². The van der Waals surface area contributed by atoms with Gasteiger partial charge in [-0.3, -0.25) is 4.90 Å². The van der Waals surface area contributed by atoms with Gasteiger partial charge in [-0.15, -0.1) is 11.6 Å². The molecule has 0 bridgehead atoms. The molecule has 1 rings (SSSR count). The van der Waals surface area contributed by atoms with Crippen molar-refractivity contribution in [1.82, 2.24) is 4.90 Å². The SMILES string of the molecule is COCCN(CCCl)Cc1cc(F)cc(Br)c1. The fourth-order valence-corrected chi connectivity index (χ4v) is 2.32. The lowest BCUT2D eigenvalue weighted by Gasteiger charge is -2.21. The zero-order valence-corrected chi connectivity index (χ0v) is 12.1. The highest BCUT2D eigenvalue weighted by molar-refractivity contribution is 9.10. The predicted molar refractivity (Wildman–Crippen MR) is 72.0 cm³/mol. The van der Waals surface area contributed by atoms with Gasteiger partial charge in [-0.05, 0) is 23.8 Å². The molecule has 0 aliphatic carbocycles. The molecule has 17 heavy (non-hydrogen) atoms. The Labute approximate surface area is 115 Å². The van der Waals surface area contributed by atoms with Gasteiger partial charge in [0.15, 0.2) is 0 Å². The van der Waals surface area contributed by atoms with Crippen LogP contribution in [0.3, 0.4) is 0 Å². The summed E-state index contributed by atoms with van der Waals surface area (Å²) in [5, 5.41) is 0. The van der Waals surface area contributed by atoms with Crippen LogP contribution in [0.5, 0.6) is 0 Å². The molecule has 1 aromatic carbocycles. The molecule has 5 heteroatoms. The minimum Gasteiger partial charge on any atom is -0.383 e. The van der Waals surface area contributed by atoms with E-state index in [4.69, 9.17) is 16.3 Å². The Kier molecular flexibility index (Phi) is 7.04. The van der Waals surface area contributed by atoms with Gasteiger partial charge in [0.1, 0.15) is 5.82 Å². The molecule has 0 atom stereocenters. The van der Waals surface area contributed by atoms with E-state index in [1.807, 2.05) is 6.07 Å². The Morgan fingerprint density at radius 1 is 1.35 bits per heavy atom. The third-order valence-corrected chi connectivity index (χ3v) is 2.97. The summed E-state index contributed by atoms with van der Waals surface area (Å²) in [5.41, 5.74) is 0.929. The van der Waals surface area contributed by atoms with Crippen LogP contribution < -0.4 is 0 Å². The van der Waals surface area contributed by atoms with E-state index in [9.17, 15) is 4.39 Å². The number of methoxy groups -OCH3 is 1. The highest BCUT2D eigenvalue weighted by Crippen LogP contribution is 2.16. The number of rotatable bonds is 7. The first-order valence-corrected chi connectivity index (χ1v) is 6.70. The summed E-state index contributed by atoms with van der Waals surface area (Å²) in [6, 6.07) is 4.90. The largest absolute Gasteiger partial charge is 0.383 e. The van der Waals surface area contributed by atoms with E-state index in [2.05, 4.69) is 20.8 Å². The van der Waals surface area contributed by atoms with Gasteiger partial charge in [0.05, 0.1) is 6.61 Å². The van der Waals surface area contributed by atoms with Crippen LogP contribution in [0.4, 0.5) is 4.39 Å². The predicted octanol–water partition coefficient (Wildman–Crippen LogP) is 3.28. The molecule has 0 saturated carbocycles. The third-order valence-electron chi connectivity index (χ3n) is 2.34. The Bertz CT molecular complexity index is 331. The van der Waals surface area contributed by atoms with E-state index >= 15 is 0 Å². The van der Waals surface area contributed by atoms with Crippen LogP contribution in [0, 0.1) is 5.82 Å². The molecule has 0 spiro atoms. The highest BCUT2D eigenvalue weighted by atomic mass is 79.9. The Morgan fingerprint density at radius 2 is 2.12 bits per heavy atom. The zero-order chi connectivity index (χ0) is 12.7. The van der Waals surface area contributed by atoms with Crippen molar-refractivity contribution in [3.63, 3.8) is 0 Å². The molecule has 1 aromatic rings. The second kappa shape index (κ2) is 8.03. The summed E-state index contributed by atoms with van der Waals surface area (Å²) in [4.78, 5) is 2.14. The molecule has 0 radical (unpaired) electrons. The monoisotopic (exact) mass is 323 g/mol. The standard InChI is InChI=1S/C12H16BrClFNO/c1-17-5-4-16(3-2-14)9-10-6-11(13)8-12(15)7-10/h6-8H,2-5,9H2,1H3. The van der Waals surface area contributed by atoms with Crippen LogP contribution in [0.1, 0.15) is 5.56 Å². The molecule has 2 nitrogen and oxygen atoms in total. The van der Waals surface area contributed by atoms with Crippen molar-refractivity contribution in [1.29, 1.82) is 0 Å². The first-order valence-electron chi connectivity index (χ1n) is 5.38. The van der Waals surface area contributed by atoms with Gasteiger partial charge >= 0.3 is 0 Å². The second-order valence-corrected chi connectivity index (χ2v) is 5.03. The zero-order valence-electron chi connectivity index (χ0n) is 9.76. The second-order valence-electron chi connectivity index (χ2n) is 3.74. The maximum atomic E-state index is 13.2. The Morgan fingerprint density at radius 3 is 2.71 bits per heavy atom. The minimum atomic E-state index is -0.230. The molecule has 0 aliphatic heterocycles. The van der Waals surface area contributed by atoms with Crippen molar-refractivity contribution in [2.24, 2.45) is 0 Å². The van der Waals surface area contributed by atoms with Crippen LogP contribution in [0.2, 0.25) is 0 Å². The highest BCUT2D eigenvalue weighted by Gasteiger charge is 2.07. The molecule has 0 fully saturated rings. The minimum absolute atomic E-state index is 0.230. The number of nitrogens with zero attached hydrogens (tertiary/aromatic N) is 1. The maximum Gasteiger partial charge on any atom is 0.124 e. The van der Waals surface area contributed by atoms with Crippen LogP contribution in [-0.4, -0.2) is 37.6 Å². The van der Waals surface area contributed by atoms with Crippen molar-refractivity contribution in [3.8, 4) is 0 Å². The Hall–Kier alpha value is -0.160. The van der Waals surface area contributed by atoms with Gasteiger partial charge in [-0.2, -0.15) is 0 Å². The number of hydrogen-bond acceptors (Lipinski definition) is 2. The lowest BCUT2D eigenvalue weighted by Crippen LogP contribution is -2.29. The summed E-state index contributed by atoms with van der Waals surface area (Å²) < 4.78 is 19.0. The van der Waals surface area contributed by atoms with Gasteiger partial charge in [-0.25, -0.2) is 4.39 Å². The lowest BCUT2D eigenvalue weighted by molar-refractivity contribution is 0.148. The van der Waals surface area contributed by atoms with E-state index in [-0.39, 0.29) is 5.82 Å². The summed E-state index contributed by atoms with van der Waals surface area (Å²) in [5.74, 6) is 0.326. The fraction of sp³-hybridized carbons (Fsp3) is 0.500. The van der Waals surface area contributed by atoms with E-state index < -0.39 is 0 Å². The molecule has 0 aliphatic rings. The van der Waals surface area contributed by atoms with Gasteiger partial charge in [-0.1, -0.05) is 15.9 Å². The number of alkyl halides is 1. The van der Waals surface area contributed by atoms with Gasteiger partial charge in [0.2, 0.25) is 0 Å². The number of hydrogen-bond donors (Lipinski definition) is 0. The molecule has 0 N–H and O–H groups in total. The van der Waals surface area contributed by atoms with Crippen molar-refractivity contribution in [2.45, 2.75) is 6.54 Å². The number of ether oxygens (including phenoxy) is 1. The summed E-state index contributed by atoms with van der Waals surface area (Å²) in [7, 11) is 1.66. The molecule has 0 amide bonds. The smallest absolute Gasteiger partial charge is 0.124 e. The van der Waals surface area contributed by atoms with Gasteiger partial charge < -0.3 is 4.74 Å². The number of benzene rings is 1. The van der Waals surface area contributed by atoms with Crippen molar-refractivity contribution in [3.05, 3.63) is 34.1 Å². The van der Waals surface area contributed by atoms with Crippen molar-refractivity contribution < 1.29 is 9.13 Å². The quantitative estimate of drug-likeness (QED) is 0.714. The summed E-state index contributed by atoms with van der Waals surface area (Å²) in [6.07, 6.45) is 0. The molecule has 0 unspecified atom stereocenters. The van der Waals surface area contributed by atoms with E-state index in [0.717, 1.165) is 23.1 Å². The molecular formula is C12H16BrClFNO. The lowest BCUT2D eigenvalue weighted by atomic mass is 10.2. The fourth-order valence-electron chi connectivity index (χ4n) is 1.57. The topological polar surface area (TPSA) is 12.5 Å². The molecule has 96 valence electrons. The molecule has 0 heterocycles. The third kappa shape index (κ3) is 5.82. The van der Waals surface area contributed by atoms with Crippen molar-refractivity contribution >= 4 is 27.5 Å². The van der Waals surface area contributed by atoms with Gasteiger partial charge in [0.25, 0.3) is 0 Å². The van der Waals surface area contributed by atoms with Crippen LogP contribution in [-0.2, 0) is 11.3 Å².